The van der Waals surface area contributed by atoms with Crippen LogP contribution in [-0.2, 0) is 4.79 Å². The predicted molar refractivity (Wildman–Crippen MR) is 62.3 cm³/mol. The van der Waals surface area contributed by atoms with Gasteiger partial charge < -0.3 is 10.8 Å². The molecule has 0 saturated carbocycles. The van der Waals surface area contributed by atoms with Gasteiger partial charge in [-0.3, -0.25) is 14.9 Å². The molecular formula is C9H8Cl2N2O4. The quantitative estimate of drug-likeness (QED) is 0.650. The monoisotopic (exact) mass is 278 g/mol. The number of carboxylic acids is 1. The summed E-state index contributed by atoms with van der Waals surface area (Å²) in [4.78, 5) is 20.6. The van der Waals surface area contributed by atoms with Crippen LogP contribution in [0.5, 0.6) is 0 Å². The lowest BCUT2D eigenvalue weighted by Gasteiger charge is -2.10. The molecule has 92 valence electrons. The molecule has 1 rings (SSSR count). The van der Waals surface area contributed by atoms with Gasteiger partial charge in [-0.05, 0) is 6.07 Å². The number of nitrogens with zero attached hydrogens (tertiary/aromatic N) is 1. The molecule has 0 radical (unpaired) electrons. The summed E-state index contributed by atoms with van der Waals surface area (Å²) >= 11 is 11.4. The molecule has 1 unspecified atom stereocenters. The fourth-order valence-electron chi connectivity index (χ4n) is 1.30. The highest BCUT2D eigenvalue weighted by molar-refractivity contribution is 6.42. The van der Waals surface area contributed by atoms with Crippen molar-refractivity contribution in [2.45, 2.75) is 12.5 Å². The van der Waals surface area contributed by atoms with Gasteiger partial charge in [0.25, 0.3) is 5.69 Å². The van der Waals surface area contributed by atoms with Crippen molar-refractivity contribution >= 4 is 34.9 Å². The Morgan fingerprint density at radius 2 is 2.00 bits per heavy atom. The van der Waals surface area contributed by atoms with E-state index in [4.69, 9.17) is 34.0 Å². The Morgan fingerprint density at radius 1 is 1.47 bits per heavy atom. The van der Waals surface area contributed by atoms with Gasteiger partial charge in [-0.25, -0.2) is 0 Å². The predicted octanol–water partition coefficient (Wildman–Crippen LogP) is 2.38. The first-order valence-electron chi connectivity index (χ1n) is 4.43. The SMILES string of the molecule is NC(CC(=O)O)c1cc(Cl)c(Cl)cc1[N+](=O)[O-]. The van der Waals surface area contributed by atoms with E-state index in [1.165, 1.54) is 6.07 Å². The Labute approximate surface area is 106 Å². The first-order chi connectivity index (χ1) is 7.82. The molecule has 1 aromatic rings. The Kier molecular flexibility index (Phi) is 4.28. The molecule has 0 saturated heterocycles. The molecule has 0 fully saturated rings. The first-order valence-corrected chi connectivity index (χ1v) is 5.19. The molecule has 1 aromatic carbocycles. The molecule has 3 N–H and O–H groups in total. The van der Waals surface area contributed by atoms with Crippen LogP contribution in [0.25, 0.3) is 0 Å². The van der Waals surface area contributed by atoms with Gasteiger partial charge in [0, 0.05) is 17.7 Å². The molecule has 1 atom stereocenters. The van der Waals surface area contributed by atoms with Gasteiger partial charge >= 0.3 is 5.97 Å². The molecule has 17 heavy (non-hydrogen) atoms. The Hall–Kier alpha value is -1.37. The van der Waals surface area contributed by atoms with Gasteiger partial charge in [0.15, 0.2) is 0 Å². The number of benzene rings is 1. The van der Waals surface area contributed by atoms with E-state index < -0.39 is 23.4 Å². The molecule has 0 aliphatic heterocycles. The number of halogens is 2. The molecule has 0 aliphatic rings. The van der Waals surface area contributed by atoms with Crippen molar-refractivity contribution in [3.63, 3.8) is 0 Å². The summed E-state index contributed by atoms with van der Waals surface area (Å²) in [5.41, 5.74) is 5.27. The van der Waals surface area contributed by atoms with Crippen molar-refractivity contribution < 1.29 is 14.8 Å². The molecule has 0 bridgehead atoms. The zero-order valence-corrected chi connectivity index (χ0v) is 9.90. The zero-order chi connectivity index (χ0) is 13.2. The molecule has 0 amide bonds. The van der Waals surface area contributed by atoms with Crippen molar-refractivity contribution in [3.05, 3.63) is 37.9 Å². The number of hydrogen-bond acceptors (Lipinski definition) is 4. The average molecular weight is 279 g/mol. The fraction of sp³-hybridized carbons (Fsp3) is 0.222. The third-order valence-corrected chi connectivity index (χ3v) is 2.78. The van der Waals surface area contributed by atoms with Crippen molar-refractivity contribution in [1.29, 1.82) is 0 Å². The number of nitro benzene ring substituents is 1. The molecule has 8 heteroatoms. The molecule has 0 heterocycles. The molecule has 0 spiro atoms. The first kappa shape index (κ1) is 13.7. The number of aliphatic carboxylic acids is 1. The maximum absolute atomic E-state index is 10.8. The summed E-state index contributed by atoms with van der Waals surface area (Å²) in [7, 11) is 0. The summed E-state index contributed by atoms with van der Waals surface area (Å²) in [6.07, 6.45) is -0.432. The van der Waals surface area contributed by atoms with Crippen LogP contribution in [0.2, 0.25) is 10.0 Å². The van der Waals surface area contributed by atoms with Crippen molar-refractivity contribution in [1.82, 2.24) is 0 Å². The van der Waals surface area contributed by atoms with E-state index in [1.54, 1.807) is 0 Å². The highest BCUT2D eigenvalue weighted by Gasteiger charge is 2.23. The summed E-state index contributed by atoms with van der Waals surface area (Å²) in [5, 5.41) is 19.5. The number of nitrogens with two attached hydrogens (primary N) is 1. The van der Waals surface area contributed by atoms with E-state index in [-0.39, 0.29) is 21.3 Å². The van der Waals surface area contributed by atoms with Gasteiger partial charge in [-0.15, -0.1) is 0 Å². The number of carbonyl (C=O) groups is 1. The summed E-state index contributed by atoms with van der Waals surface area (Å²) in [6.45, 7) is 0. The second-order valence-corrected chi connectivity index (χ2v) is 4.10. The Morgan fingerprint density at radius 3 is 2.47 bits per heavy atom. The van der Waals surface area contributed by atoms with Crippen molar-refractivity contribution in [2.24, 2.45) is 5.73 Å². The summed E-state index contributed by atoms with van der Waals surface area (Å²) in [6, 6.07) is 1.26. The lowest BCUT2D eigenvalue weighted by Crippen LogP contribution is -2.16. The minimum atomic E-state index is -1.15. The van der Waals surface area contributed by atoms with Crippen LogP contribution in [0.1, 0.15) is 18.0 Å². The molecular weight excluding hydrogens is 271 g/mol. The minimum absolute atomic E-state index is 0.0182. The van der Waals surface area contributed by atoms with E-state index in [2.05, 4.69) is 0 Å². The summed E-state index contributed by atoms with van der Waals surface area (Å²) in [5.74, 6) is -1.15. The third kappa shape index (κ3) is 3.29. The Balaban J connectivity index is 3.25. The minimum Gasteiger partial charge on any atom is -0.481 e. The van der Waals surface area contributed by atoms with Crippen LogP contribution < -0.4 is 5.73 Å². The number of nitro groups is 1. The van der Waals surface area contributed by atoms with E-state index in [0.717, 1.165) is 6.07 Å². The second kappa shape index (κ2) is 5.31. The number of carboxylic acid groups (broad SMARTS) is 1. The van der Waals surface area contributed by atoms with Crippen LogP contribution in [0, 0.1) is 10.1 Å². The van der Waals surface area contributed by atoms with E-state index >= 15 is 0 Å². The van der Waals surface area contributed by atoms with Crippen molar-refractivity contribution in [3.8, 4) is 0 Å². The van der Waals surface area contributed by atoms with Gasteiger partial charge in [0.05, 0.1) is 21.4 Å². The van der Waals surface area contributed by atoms with Crippen LogP contribution in [0.4, 0.5) is 5.69 Å². The second-order valence-electron chi connectivity index (χ2n) is 3.29. The molecule has 6 nitrogen and oxygen atoms in total. The van der Waals surface area contributed by atoms with E-state index in [1.807, 2.05) is 0 Å². The number of rotatable bonds is 4. The average Bonchev–Trinajstić information content (AvgIpc) is 2.19. The summed E-state index contributed by atoms with van der Waals surface area (Å²) < 4.78 is 0. The zero-order valence-electron chi connectivity index (χ0n) is 8.39. The molecule has 0 aromatic heterocycles. The Bertz CT molecular complexity index is 478. The van der Waals surface area contributed by atoms with Crippen LogP contribution in [0.15, 0.2) is 12.1 Å². The lowest BCUT2D eigenvalue weighted by molar-refractivity contribution is -0.385. The topological polar surface area (TPSA) is 106 Å². The maximum atomic E-state index is 10.8. The highest BCUT2D eigenvalue weighted by atomic mass is 35.5. The lowest BCUT2D eigenvalue weighted by atomic mass is 10.0. The largest absolute Gasteiger partial charge is 0.481 e. The van der Waals surface area contributed by atoms with Gasteiger partial charge in [0.2, 0.25) is 0 Å². The fourth-order valence-corrected chi connectivity index (χ4v) is 1.63. The smallest absolute Gasteiger partial charge is 0.305 e. The molecule has 0 aliphatic carbocycles. The van der Waals surface area contributed by atoms with Crippen LogP contribution in [0.3, 0.4) is 0 Å². The maximum Gasteiger partial charge on any atom is 0.305 e. The van der Waals surface area contributed by atoms with Crippen LogP contribution in [-0.4, -0.2) is 16.0 Å². The standard InChI is InChI=1S/C9H8Cl2N2O4/c10-5-1-4(7(12)3-9(14)15)8(13(16)17)2-6(5)11/h1-2,7H,3,12H2,(H,14,15). The van der Waals surface area contributed by atoms with Crippen molar-refractivity contribution in [2.75, 3.05) is 0 Å². The van der Waals surface area contributed by atoms with Gasteiger partial charge in [0.1, 0.15) is 0 Å². The van der Waals surface area contributed by atoms with Gasteiger partial charge in [-0.1, -0.05) is 23.2 Å². The van der Waals surface area contributed by atoms with Gasteiger partial charge in [-0.2, -0.15) is 0 Å². The van der Waals surface area contributed by atoms with Crippen LogP contribution >= 0.6 is 23.2 Å². The van der Waals surface area contributed by atoms with E-state index in [0.29, 0.717) is 0 Å². The highest BCUT2D eigenvalue weighted by Crippen LogP contribution is 2.34. The number of hydrogen-bond donors (Lipinski definition) is 2. The normalized spacial score (nSPS) is 12.2. The third-order valence-electron chi connectivity index (χ3n) is 2.06. The van der Waals surface area contributed by atoms with E-state index in [9.17, 15) is 14.9 Å².